The number of hydrogen-bond acceptors (Lipinski definition) is 4. The summed E-state index contributed by atoms with van der Waals surface area (Å²) in [6.07, 6.45) is 4.81. The summed E-state index contributed by atoms with van der Waals surface area (Å²) in [6.45, 7) is 6.23. The zero-order chi connectivity index (χ0) is 16.3. The van der Waals surface area contributed by atoms with Gasteiger partial charge >= 0.3 is 5.69 Å². The van der Waals surface area contributed by atoms with Crippen LogP contribution in [0.2, 0.25) is 0 Å². The van der Waals surface area contributed by atoms with Crippen LogP contribution in [0, 0.1) is 0 Å². The van der Waals surface area contributed by atoms with E-state index in [1.807, 2.05) is 18.4 Å². The van der Waals surface area contributed by atoms with Crippen LogP contribution in [-0.2, 0) is 7.05 Å². The van der Waals surface area contributed by atoms with Crippen molar-refractivity contribution in [3.63, 3.8) is 0 Å². The Morgan fingerprint density at radius 3 is 2.59 bits per heavy atom. The minimum Gasteiger partial charge on any atom is -0.311 e. The molecule has 0 aliphatic heterocycles. The zero-order valence-electron chi connectivity index (χ0n) is 13.7. The van der Waals surface area contributed by atoms with Crippen LogP contribution in [0.4, 0.5) is 0 Å². The van der Waals surface area contributed by atoms with Crippen LogP contribution < -0.4 is 11.2 Å². The molecule has 0 amide bonds. The molecule has 0 atom stereocenters. The summed E-state index contributed by atoms with van der Waals surface area (Å²) in [5.41, 5.74) is 0.147. The number of thioether (sulfide) groups is 1. The Hall–Kier alpha value is -1.50. The molecule has 0 aromatic carbocycles. The fourth-order valence-electron chi connectivity index (χ4n) is 2.46. The van der Waals surface area contributed by atoms with E-state index < -0.39 is 5.69 Å². The predicted molar refractivity (Wildman–Crippen MR) is 90.8 cm³/mol. The molecule has 7 heteroatoms. The van der Waals surface area contributed by atoms with Crippen molar-refractivity contribution in [2.45, 2.75) is 57.7 Å². The second-order valence-electron chi connectivity index (χ2n) is 5.76. The fraction of sp³-hybridized carbons (Fsp3) is 0.667. The molecule has 0 fully saturated rings. The van der Waals surface area contributed by atoms with Gasteiger partial charge in [-0.25, -0.2) is 9.78 Å². The van der Waals surface area contributed by atoms with Gasteiger partial charge in [0, 0.05) is 18.8 Å². The third kappa shape index (κ3) is 3.29. The van der Waals surface area contributed by atoms with E-state index in [0.717, 1.165) is 17.3 Å². The second kappa shape index (κ2) is 7.17. The zero-order valence-corrected chi connectivity index (χ0v) is 14.5. The minimum absolute atomic E-state index is 0.113. The van der Waals surface area contributed by atoms with Crippen molar-refractivity contribution < 1.29 is 0 Å². The molecule has 0 saturated carbocycles. The first kappa shape index (κ1) is 16.9. The number of rotatable bonds is 7. The molecule has 0 unspecified atom stereocenters. The van der Waals surface area contributed by atoms with Gasteiger partial charge in [0.2, 0.25) is 0 Å². The number of aromatic nitrogens is 4. The SMILES string of the molecule is CCCCCCSc1nc2c(c(=O)[nH]c(=O)n2C)n1C(C)C. The lowest BCUT2D eigenvalue weighted by atomic mass is 10.2. The summed E-state index contributed by atoms with van der Waals surface area (Å²) in [6, 6.07) is 0.113. The van der Waals surface area contributed by atoms with Gasteiger partial charge < -0.3 is 4.57 Å². The average Bonchev–Trinajstić information content (AvgIpc) is 2.85. The predicted octanol–water partition coefficient (Wildman–Crippen LogP) is 2.68. The van der Waals surface area contributed by atoms with Gasteiger partial charge in [-0.3, -0.25) is 14.3 Å². The molecule has 2 aromatic heterocycles. The van der Waals surface area contributed by atoms with Crippen molar-refractivity contribution in [1.29, 1.82) is 0 Å². The molecule has 0 saturated heterocycles. The van der Waals surface area contributed by atoms with E-state index in [9.17, 15) is 9.59 Å². The van der Waals surface area contributed by atoms with Crippen molar-refractivity contribution in [2.75, 3.05) is 5.75 Å². The van der Waals surface area contributed by atoms with E-state index in [1.165, 1.54) is 23.8 Å². The maximum Gasteiger partial charge on any atom is 0.329 e. The quantitative estimate of drug-likeness (QED) is 0.628. The average molecular weight is 324 g/mol. The first-order chi connectivity index (χ1) is 10.5. The summed E-state index contributed by atoms with van der Waals surface area (Å²) in [4.78, 5) is 30.8. The standard InChI is InChI=1S/C15H24N4O2S/c1-5-6-7-8-9-22-15-16-12-11(19(15)10(2)3)13(20)17-14(21)18(12)4/h10H,5-9H2,1-4H3,(H,17,20,21). The third-order valence-electron chi connectivity index (χ3n) is 3.66. The number of aromatic amines is 1. The van der Waals surface area contributed by atoms with Gasteiger partial charge in [-0.15, -0.1) is 0 Å². The summed E-state index contributed by atoms with van der Waals surface area (Å²) < 4.78 is 3.33. The lowest BCUT2D eigenvalue weighted by Crippen LogP contribution is -2.29. The summed E-state index contributed by atoms with van der Waals surface area (Å²) in [7, 11) is 1.63. The number of imidazole rings is 1. The number of H-pyrrole nitrogens is 1. The molecule has 0 radical (unpaired) electrons. The van der Waals surface area contributed by atoms with Crippen molar-refractivity contribution >= 4 is 22.9 Å². The monoisotopic (exact) mass is 324 g/mol. The van der Waals surface area contributed by atoms with Crippen molar-refractivity contribution in [3.05, 3.63) is 20.8 Å². The van der Waals surface area contributed by atoms with Gasteiger partial charge in [0.25, 0.3) is 5.56 Å². The molecule has 22 heavy (non-hydrogen) atoms. The highest BCUT2D eigenvalue weighted by Gasteiger charge is 2.19. The molecule has 6 nitrogen and oxygen atoms in total. The first-order valence-electron chi connectivity index (χ1n) is 7.81. The lowest BCUT2D eigenvalue weighted by molar-refractivity contribution is 0.564. The van der Waals surface area contributed by atoms with E-state index in [-0.39, 0.29) is 11.6 Å². The molecule has 2 aromatic rings. The van der Waals surface area contributed by atoms with Crippen molar-refractivity contribution in [2.24, 2.45) is 7.05 Å². The number of unbranched alkanes of at least 4 members (excludes halogenated alkanes) is 3. The van der Waals surface area contributed by atoms with Gasteiger partial charge in [-0.05, 0) is 20.3 Å². The molecule has 0 bridgehead atoms. The Kier molecular flexibility index (Phi) is 5.50. The number of nitrogens with one attached hydrogen (secondary N) is 1. The van der Waals surface area contributed by atoms with Gasteiger partial charge in [-0.1, -0.05) is 37.9 Å². The Bertz CT molecular complexity index is 757. The number of fused-ring (bicyclic) bond motifs is 1. The largest absolute Gasteiger partial charge is 0.329 e. The van der Waals surface area contributed by atoms with Crippen LogP contribution in [-0.4, -0.2) is 24.9 Å². The van der Waals surface area contributed by atoms with Crippen LogP contribution in [0.25, 0.3) is 11.2 Å². The molecule has 0 aliphatic carbocycles. The minimum atomic E-state index is -0.426. The summed E-state index contributed by atoms with van der Waals surface area (Å²) in [5, 5.41) is 0.813. The summed E-state index contributed by atoms with van der Waals surface area (Å²) in [5.74, 6) is 0.974. The third-order valence-corrected chi connectivity index (χ3v) is 4.70. The van der Waals surface area contributed by atoms with Gasteiger partial charge in [0.1, 0.15) is 0 Å². The normalized spacial score (nSPS) is 11.7. The Labute approximate surface area is 133 Å². The van der Waals surface area contributed by atoms with E-state index >= 15 is 0 Å². The Morgan fingerprint density at radius 2 is 1.95 bits per heavy atom. The van der Waals surface area contributed by atoms with Crippen LogP contribution in [0.3, 0.4) is 0 Å². The van der Waals surface area contributed by atoms with Crippen LogP contribution >= 0.6 is 11.8 Å². The smallest absolute Gasteiger partial charge is 0.311 e. The van der Waals surface area contributed by atoms with Gasteiger partial charge in [0.15, 0.2) is 16.3 Å². The molecule has 1 N–H and O–H groups in total. The van der Waals surface area contributed by atoms with Gasteiger partial charge in [-0.2, -0.15) is 0 Å². The molecule has 2 rings (SSSR count). The second-order valence-corrected chi connectivity index (χ2v) is 6.82. The number of nitrogens with zero attached hydrogens (tertiary/aromatic N) is 3. The van der Waals surface area contributed by atoms with Crippen LogP contribution in [0.1, 0.15) is 52.5 Å². The highest BCUT2D eigenvalue weighted by Crippen LogP contribution is 2.26. The van der Waals surface area contributed by atoms with Crippen LogP contribution in [0.15, 0.2) is 14.7 Å². The van der Waals surface area contributed by atoms with Crippen molar-refractivity contribution in [1.82, 2.24) is 19.1 Å². The lowest BCUT2D eigenvalue weighted by Gasteiger charge is -2.11. The molecule has 0 aliphatic rings. The highest BCUT2D eigenvalue weighted by molar-refractivity contribution is 7.99. The Balaban J connectivity index is 2.40. The van der Waals surface area contributed by atoms with E-state index in [4.69, 9.17) is 0 Å². The molecule has 2 heterocycles. The Morgan fingerprint density at radius 1 is 1.23 bits per heavy atom. The molecule has 122 valence electrons. The maximum atomic E-state index is 12.2. The first-order valence-corrected chi connectivity index (χ1v) is 8.80. The highest BCUT2D eigenvalue weighted by atomic mass is 32.2. The van der Waals surface area contributed by atoms with E-state index in [1.54, 1.807) is 18.8 Å². The molecular weight excluding hydrogens is 300 g/mol. The van der Waals surface area contributed by atoms with E-state index in [0.29, 0.717) is 11.2 Å². The van der Waals surface area contributed by atoms with Crippen molar-refractivity contribution in [3.8, 4) is 0 Å². The molecular formula is C15H24N4O2S. The molecule has 0 spiro atoms. The van der Waals surface area contributed by atoms with Crippen LogP contribution in [0.5, 0.6) is 0 Å². The number of hydrogen-bond donors (Lipinski definition) is 1. The topological polar surface area (TPSA) is 72.7 Å². The fourth-order valence-corrected chi connectivity index (χ4v) is 3.58. The summed E-state index contributed by atoms with van der Waals surface area (Å²) >= 11 is 1.66. The van der Waals surface area contributed by atoms with Gasteiger partial charge in [0.05, 0.1) is 0 Å². The number of aryl methyl sites for hydroxylation is 1. The van der Waals surface area contributed by atoms with E-state index in [2.05, 4.69) is 16.9 Å². The maximum absolute atomic E-state index is 12.2.